The van der Waals surface area contributed by atoms with E-state index < -0.39 is 12.0 Å². The summed E-state index contributed by atoms with van der Waals surface area (Å²) >= 11 is 0. The first-order chi connectivity index (χ1) is 12.9. The van der Waals surface area contributed by atoms with E-state index in [0.717, 1.165) is 5.56 Å². The van der Waals surface area contributed by atoms with Crippen molar-refractivity contribution in [1.82, 2.24) is 5.32 Å². The highest BCUT2D eigenvalue weighted by Crippen LogP contribution is 2.31. The second-order valence-electron chi connectivity index (χ2n) is 6.00. The zero-order chi connectivity index (χ0) is 20.0. The summed E-state index contributed by atoms with van der Waals surface area (Å²) in [6, 6.07) is 9.71. The fourth-order valence-electron chi connectivity index (χ4n) is 2.69. The van der Waals surface area contributed by atoms with Crippen molar-refractivity contribution < 1.29 is 23.8 Å². The maximum Gasteiger partial charge on any atom is 0.307 e. The highest BCUT2D eigenvalue weighted by molar-refractivity contribution is 5.97. The van der Waals surface area contributed by atoms with Crippen LogP contribution in [0.3, 0.4) is 0 Å². The number of nitrogen functional groups attached to an aromatic ring is 1. The van der Waals surface area contributed by atoms with Gasteiger partial charge in [0.25, 0.3) is 5.91 Å². The van der Waals surface area contributed by atoms with Crippen LogP contribution in [-0.2, 0) is 9.53 Å². The number of nitrogens with two attached hydrogens (primary N) is 1. The Balaban J connectivity index is 2.36. The van der Waals surface area contributed by atoms with E-state index in [2.05, 4.69) is 5.32 Å². The second-order valence-corrected chi connectivity index (χ2v) is 6.00. The smallest absolute Gasteiger partial charge is 0.307 e. The molecule has 0 aliphatic rings. The summed E-state index contributed by atoms with van der Waals surface area (Å²) in [4.78, 5) is 24.6. The van der Waals surface area contributed by atoms with Crippen molar-refractivity contribution in [2.45, 2.75) is 19.4 Å². The summed E-state index contributed by atoms with van der Waals surface area (Å²) in [5.74, 6) is 0.276. The van der Waals surface area contributed by atoms with Crippen LogP contribution in [-0.4, -0.2) is 33.2 Å². The molecule has 0 aliphatic carbocycles. The van der Waals surface area contributed by atoms with E-state index in [1.807, 2.05) is 6.92 Å². The number of methoxy groups -OCH3 is 3. The maximum absolute atomic E-state index is 12.8. The zero-order valence-electron chi connectivity index (χ0n) is 15.9. The molecule has 1 unspecified atom stereocenters. The van der Waals surface area contributed by atoms with E-state index in [9.17, 15) is 9.59 Å². The molecule has 0 saturated carbocycles. The minimum atomic E-state index is -0.606. The van der Waals surface area contributed by atoms with Crippen molar-refractivity contribution in [2.75, 3.05) is 27.1 Å². The minimum Gasteiger partial charge on any atom is -0.493 e. The molecule has 144 valence electrons. The van der Waals surface area contributed by atoms with Crippen molar-refractivity contribution >= 4 is 17.6 Å². The van der Waals surface area contributed by atoms with Crippen LogP contribution >= 0.6 is 0 Å². The van der Waals surface area contributed by atoms with Gasteiger partial charge in [-0.25, -0.2) is 0 Å². The first-order valence-corrected chi connectivity index (χ1v) is 8.35. The van der Waals surface area contributed by atoms with Crippen LogP contribution in [0.4, 0.5) is 5.69 Å². The Kier molecular flexibility index (Phi) is 6.65. The molecule has 1 atom stereocenters. The number of benzene rings is 2. The number of hydrogen-bond acceptors (Lipinski definition) is 6. The Morgan fingerprint density at radius 3 is 2.37 bits per heavy atom. The van der Waals surface area contributed by atoms with Gasteiger partial charge in [-0.1, -0.05) is 12.1 Å². The van der Waals surface area contributed by atoms with Crippen LogP contribution in [0, 0.1) is 6.92 Å². The van der Waals surface area contributed by atoms with Gasteiger partial charge >= 0.3 is 5.97 Å². The van der Waals surface area contributed by atoms with Crippen LogP contribution in [0.1, 0.15) is 33.9 Å². The van der Waals surface area contributed by atoms with Gasteiger partial charge in [0.05, 0.1) is 33.8 Å². The van der Waals surface area contributed by atoms with Gasteiger partial charge in [0, 0.05) is 11.3 Å². The number of esters is 1. The Morgan fingerprint density at radius 1 is 1.04 bits per heavy atom. The van der Waals surface area contributed by atoms with E-state index in [1.165, 1.54) is 21.3 Å². The largest absolute Gasteiger partial charge is 0.493 e. The number of amides is 1. The third-order valence-electron chi connectivity index (χ3n) is 4.22. The number of anilines is 1. The topological polar surface area (TPSA) is 99.9 Å². The van der Waals surface area contributed by atoms with Crippen molar-refractivity contribution in [3.05, 3.63) is 53.1 Å². The fourth-order valence-corrected chi connectivity index (χ4v) is 2.69. The summed E-state index contributed by atoms with van der Waals surface area (Å²) in [5.41, 5.74) is 8.20. The fraction of sp³-hybridized carbons (Fsp3) is 0.300. The van der Waals surface area contributed by atoms with Gasteiger partial charge in [0.2, 0.25) is 0 Å². The highest BCUT2D eigenvalue weighted by atomic mass is 16.5. The minimum absolute atomic E-state index is 0.0287. The summed E-state index contributed by atoms with van der Waals surface area (Å²) in [6.45, 7) is 1.82. The van der Waals surface area contributed by atoms with Gasteiger partial charge in [-0.3, -0.25) is 9.59 Å². The molecular weight excluding hydrogens is 348 g/mol. The molecule has 1 amide bonds. The molecule has 0 bridgehead atoms. The van der Waals surface area contributed by atoms with E-state index in [1.54, 1.807) is 36.4 Å². The summed E-state index contributed by atoms with van der Waals surface area (Å²) in [7, 11) is 4.36. The molecule has 27 heavy (non-hydrogen) atoms. The summed E-state index contributed by atoms with van der Waals surface area (Å²) < 4.78 is 15.3. The predicted molar refractivity (Wildman–Crippen MR) is 102 cm³/mol. The second kappa shape index (κ2) is 8.93. The lowest BCUT2D eigenvalue weighted by atomic mass is 10.0. The van der Waals surface area contributed by atoms with Gasteiger partial charge in [-0.2, -0.15) is 0 Å². The SMILES string of the molecule is COC(=O)CC(NC(=O)c1cc(N)ccc1C)c1ccc(OC)c(OC)c1. The average Bonchev–Trinajstić information content (AvgIpc) is 2.68. The lowest BCUT2D eigenvalue weighted by molar-refractivity contribution is -0.141. The van der Waals surface area contributed by atoms with Crippen molar-refractivity contribution in [1.29, 1.82) is 0 Å². The molecule has 0 saturated heterocycles. The summed E-state index contributed by atoms with van der Waals surface area (Å²) in [5, 5.41) is 2.88. The lowest BCUT2D eigenvalue weighted by Gasteiger charge is -2.20. The molecule has 0 fully saturated rings. The predicted octanol–water partition coefficient (Wildman–Crippen LogP) is 2.63. The number of hydrogen-bond donors (Lipinski definition) is 2. The molecule has 0 aliphatic heterocycles. The van der Waals surface area contributed by atoms with E-state index >= 15 is 0 Å². The molecule has 7 heteroatoms. The van der Waals surface area contributed by atoms with Gasteiger partial charge in [0.15, 0.2) is 11.5 Å². The Morgan fingerprint density at radius 2 is 1.74 bits per heavy atom. The van der Waals surface area contributed by atoms with E-state index in [4.69, 9.17) is 19.9 Å². The molecule has 2 aromatic rings. The number of carbonyl (C=O) groups is 2. The molecular formula is C20H24N2O5. The van der Waals surface area contributed by atoms with Gasteiger partial charge in [-0.05, 0) is 42.3 Å². The molecule has 0 heterocycles. The highest BCUT2D eigenvalue weighted by Gasteiger charge is 2.22. The third-order valence-corrected chi connectivity index (χ3v) is 4.22. The number of nitrogens with one attached hydrogen (secondary N) is 1. The number of carbonyl (C=O) groups excluding carboxylic acids is 2. The van der Waals surface area contributed by atoms with Crippen LogP contribution < -0.4 is 20.5 Å². The molecule has 0 aromatic heterocycles. The lowest BCUT2D eigenvalue weighted by Crippen LogP contribution is -2.31. The number of rotatable bonds is 7. The summed E-state index contributed by atoms with van der Waals surface area (Å²) in [6.07, 6.45) is -0.0287. The number of aryl methyl sites for hydroxylation is 1. The first-order valence-electron chi connectivity index (χ1n) is 8.35. The zero-order valence-corrected chi connectivity index (χ0v) is 15.9. The first kappa shape index (κ1) is 20.1. The standard InChI is InChI=1S/C20H24N2O5/c1-12-5-7-14(21)10-15(12)20(24)22-16(11-19(23)27-4)13-6-8-17(25-2)18(9-13)26-3/h5-10,16H,11,21H2,1-4H3,(H,22,24). The Labute approximate surface area is 158 Å². The van der Waals surface area contributed by atoms with Crippen molar-refractivity contribution in [3.8, 4) is 11.5 Å². The van der Waals surface area contributed by atoms with Gasteiger partial charge < -0.3 is 25.3 Å². The molecule has 2 rings (SSSR count). The molecule has 2 aromatic carbocycles. The molecule has 0 radical (unpaired) electrons. The van der Waals surface area contributed by atoms with E-state index in [-0.39, 0.29) is 12.3 Å². The van der Waals surface area contributed by atoms with Crippen LogP contribution in [0.2, 0.25) is 0 Å². The van der Waals surface area contributed by atoms with Crippen LogP contribution in [0.5, 0.6) is 11.5 Å². The van der Waals surface area contributed by atoms with Crippen LogP contribution in [0.15, 0.2) is 36.4 Å². The number of ether oxygens (including phenoxy) is 3. The average molecular weight is 372 g/mol. The molecule has 7 nitrogen and oxygen atoms in total. The quantitative estimate of drug-likeness (QED) is 0.572. The van der Waals surface area contributed by atoms with Crippen molar-refractivity contribution in [2.24, 2.45) is 0 Å². The molecule has 0 spiro atoms. The van der Waals surface area contributed by atoms with Gasteiger partial charge in [0.1, 0.15) is 0 Å². The van der Waals surface area contributed by atoms with E-state index in [0.29, 0.717) is 28.3 Å². The third kappa shape index (κ3) is 4.91. The monoisotopic (exact) mass is 372 g/mol. The maximum atomic E-state index is 12.8. The van der Waals surface area contributed by atoms with Gasteiger partial charge in [-0.15, -0.1) is 0 Å². The normalized spacial score (nSPS) is 11.4. The Hall–Kier alpha value is -3.22. The van der Waals surface area contributed by atoms with Crippen molar-refractivity contribution in [3.63, 3.8) is 0 Å². The Bertz CT molecular complexity index is 835. The molecule has 3 N–H and O–H groups in total. The van der Waals surface area contributed by atoms with Crippen LogP contribution in [0.25, 0.3) is 0 Å².